The van der Waals surface area contributed by atoms with Crippen LogP contribution in [0.3, 0.4) is 0 Å². The number of pyridine rings is 1. The maximum Gasteiger partial charge on any atom is 0.130 e. The van der Waals surface area contributed by atoms with Gasteiger partial charge in [-0.05, 0) is 60.2 Å². The largest absolute Gasteiger partial charge is 0.302 e. The van der Waals surface area contributed by atoms with E-state index in [1.165, 1.54) is 21.2 Å². The number of para-hydroxylation sites is 2. The maximum absolute atomic E-state index is 6.37. The third-order valence-electron chi connectivity index (χ3n) is 5.43. The second kappa shape index (κ2) is 6.98. The van der Waals surface area contributed by atoms with Crippen LogP contribution in [0.5, 0.6) is 0 Å². The summed E-state index contributed by atoms with van der Waals surface area (Å²) in [5.41, 5.74) is 5.78. The van der Waals surface area contributed by atoms with E-state index in [2.05, 4.69) is 94.4 Å². The Morgan fingerprint density at radius 2 is 1.37 bits per heavy atom. The summed E-state index contributed by atoms with van der Waals surface area (Å²) in [6.45, 7) is 0. The number of rotatable bonds is 2. The van der Waals surface area contributed by atoms with Gasteiger partial charge in [0.15, 0.2) is 0 Å². The molecule has 0 bridgehead atoms. The number of benzene rings is 3. The molecule has 0 amide bonds. The second-order valence-electron chi connectivity index (χ2n) is 7.26. The third-order valence-corrected chi connectivity index (χ3v) is 6.80. The first-order chi connectivity index (χ1) is 14.8. The fourth-order valence-corrected chi connectivity index (χ4v) is 5.39. The summed E-state index contributed by atoms with van der Waals surface area (Å²) in [5.74, 6) is 1.12. The number of anilines is 3. The SMILES string of the molecule is Clc1cccc(-c2cc3ccccn3c2N2c3ccccc3Sc3ccccc32)c1. The van der Waals surface area contributed by atoms with Crippen molar-refractivity contribution < 1.29 is 0 Å². The Morgan fingerprint density at radius 3 is 2.10 bits per heavy atom. The summed E-state index contributed by atoms with van der Waals surface area (Å²) in [6, 6.07) is 33.8. The van der Waals surface area contributed by atoms with Crippen molar-refractivity contribution in [2.75, 3.05) is 4.90 Å². The summed E-state index contributed by atoms with van der Waals surface area (Å²) >= 11 is 8.19. The molecular formula is C26H17ClN2S. The molecule has 1 aliphatic rings. The standard InChI is InChI=1S/C26H17ClN2S/c27-19-9-7-8-18(16-19)21-17-20-10-5-6-15-28(20)26(21)29-22-11-1-3-13-24(22)30-25-14-4-2-12-23(25)29/h1-17H. The first kappa shape index (κ1) is 17.7. The Labute approximate surface area is 184 Å². The smallest absolute Gasteiger partial charge is 0.130 e. The highest BCUT2D eigenvalue weighted by atomic mass is 35.5. The number of nitrogens with zero attached hydrogens (tertiary/aromatic N) is 2. The van der Waals surface area contributed by atoms with Crippen LogP contribution in [0.4, 0.5) is 17.2 Å². The van der Waals surface area contributed by atoms with Crippen molar-refractivity contribution in [3.8, 4) is 11.1 Å². The quantitative estimate of drug-likeness (QED) is 0.276. The lowest BCUT2D eigenvalue weighted by Crippen LogP contribution is -2.17. The van der Waals surface area contributed by atoms with Gasteiger partial charge in [0.1, 0.15) is 5.82 Å². The molecule has 144 valence electrons. The van der Waals surface area contributed by atoms with Crippen LogP contribution in [0.1, 0.15) is 0 Å². The van der Waals surface area contributed by atoms with Gasteiger partial charge in [0.05, 0.1) is 11.4 Å². The van der Waals surface area contributed by atoms with E-state index in [4.69, 9.17) is 11.6 Å². The topological polar surface area (TPSA) is 7.65 Å². The van der Waals surface area contributed by atoms with Crippen molar-refractivity contribution in [2.24, 2.45) is 0 Å². The lowest BCUT2D eigenvalue weighted by atomic mass is 10.1. The molecule has 4 heteroatoms. The summed E-state index contributed by atoms with van der Waals surface area (Å²) < 4.78 is 2.26. The first-order valence-corrected chi connectivity index (χ1v) is 11.0. The lowest BCUT2D eigenvalue weighted by Gasteiger charge is -2.33. The predicted octanol–water partition coefficient (Wildman–Crippen LogP) is 8.19. The molecule has 0 N–H and O–H groups in total. The molecule has 0 saturated heterocycles. The number of hydrogen-bond acceptors (Lipinski definition) is 2. The average molecular weight is 425 g/mol. The summed E-state index contributed by atoms with van der Waals surface area (Å²) in [7, 11) is 0. The van der Waals surface area contributed by atoms with Gasteiger partial charge in [-0.3, -0.25) is 4.90 Å². The van der Waals surface area contributed by atoms with Crippen LogP contribution >= 0.6 is 23.4 Å². The molecule has 0 radical (unpaired) electrons. The number of fused-ring (bicyclic) bond motifs is 3. The van der Waals surface area contributed by atoms with E-state index in [0.29, 0.717) is 0 Å². The van der Waals surface area contributed by atoms with Crippen LogP contribution in [-0.2, 0) is 0 Å². The fourth-order valence-electron chi connectivity index (χ4n) is 4.14. The van der Waals surface area contributed by atoms with Gasteiger partial charge in [-0.1, -0.05) is 65.8 Å². The van der Waals surface area contributed by atoms with Crippen LogP contribution in [0, 0.1) is 0 Å². The highest BCUT2D eigenvalue weighted by Gasteiger charge is 2.28. The van der Waals surface area contributed by atoms with Crippen LogP contribution < -0.4 is 4.90 Å². The van der Waals surface area contributed by atoms with Crippen molar-refractivity contribution in [3.05, 3.63) is 108 Å². The predicted molar refractivity (Wildman–Crippen MR) is 127 cm³/mol. The Kier molecular flexibility index (Phi) is 4.12. The number of aromatic nitrogens is 1. The monoisotopic (exact) mass is 424 g/mol. The van der Waals surface area contributed by atoms with Crippen molar-refractivity contribution in [1.29, 1.82) is 0 Å². The van der Waals surface area contributed by atoms with E-state index in [0.717, 1.165) is 27.5 Å². The molecule has 2 aromatic heterocycles. The zero-order chi connectivity index (χ0) is 20.1. The van der Waals surface area contributed by atoms with Crippen molar-refractivity contribution >= 4 is 46.1 Å². The first-order valence-electron chi connectivity index (χ1n) is 9.82. The van der Waals surface area contributed by atoms with E-state index in [-0.39, 0.29) is 0 Å². The van der Waals surface area contributed by atoms with Gasteiger partial charge in [0, 0.05) is 32.1 Å². The number of hydrogen-bond donors (Lipinski definition) is 0. The summed E-state index contributed by atoms with van der Waals surface area (Å²) in [4.78, 5) is 4.88. The van der Waals surface area contributed by atoms with Gasteiger partial charge in [0.2, 0.25) is 0 Å². The van der Waals surface area contributed by atoms with Crippen LogP contribution in [0.25, 0.3) is 16.6 Å². The van der Waals surface area contributed by atoms with E-state index in [1.54, 1.807) is 0 Å². The van der Waals surface area contributed by atoms with Gasteiger partial charge >= 0.3 is 0 Å². The van der Waals surface area contributed by atoms with Crippen LogP contribution in [0.15, 0.2) is 113 Å². The highest BCUT2D eigenvalue weighted by molar-refractivity contribution is 7.99. The zero-order valence-electron chi connectivity index (χ0n) is 16.0. The van der Waals surface area contributed by atoms with Crippen LogP contribution in [-0.4, -0.2) is 4.40 Å². The van der Waals surface area contributed by atoms with Gasteiger partial charge in [-0.15, -0.1) is 0 Å². The molecule has 2 nitrogen and oxygen atoms in total. The molecule has 0 saturated carbocycles. The van der Waals surface area contributed by atoms with E-state index < -0.39 is 0 Å². The average Bonchev–Trinajstić information content (AvgIpc) is 3.17. The van der Waals surface area contributed by atoms with Gasteiger partial charge in [-0.25, -0.2) is 0 Å². The minimum atomic E-state index is 0.740. The molecule has 30 heavy (non-hydrogen) atoms. The Bertz CT molecular complexity index is 1360. The van der Waals surface area contributed by atoms with Gasteiger partial charge in [-0.2, -0.15) is 0 Å². The molecule has 5 aromatic rings. The third kappa shape index (κ3) is 2.74. The summed E-state index contributed by atoms with van der Waals surface area (Å²) in [5, 5.41) is 0.740. The Morgan fingerprint density at radius 1 is 0.667 bits per heavy atom. The zero-order valence-corrected chi connectivity index (χ0v) is 17.6. The molecular weight excluding hydrogens is 408 g/mol. The Balaban J connectivity index is 1.71. The molecule has 0 unspecified atom stereocenters. The van der Waals surface area contributed by atoms with Gasteiger partial charge < -0.3 is 4.40 Å². The highest BCUT2D eigenvalue weighted by Crippen LogP contribution is 2.53. The lowest BCUT2D eigenvalue weighted by molar-refractivity contribution is 1.08. The van der Waals surface area contributed by atoms with Crippen molar-refractivity contribution in [2.45, 2.75) is 9.79 Å². The molecule has 3 aromatic carbocycles. The van der Waals surface area contributed by atoms with Crippen LogP contribution in [0.2, 0.25) is 5.02 Å². The molecule has 1 aliphatic heterocycles. The van der Waals surface area contributed by atoms with Crippen molar-refractivity contribution in [1.82, 2.24) is 4.40 Å². The molecule has 6 rings (SSSR count). The van der Waals surface area contributed by atoms with E-state index in [9.17, 15) is 0 Å². The summed E-state index contributed by atoms with van der Waals surface area (Å²) in [6.07, 6.45) is 2.13. The molecule has 0 aliphatic carbocycles. The number of halogens is 1. The Hall–Kier alpha value is -3.14. The molecule has 0 fully saturated rings. The van der Waals surface area contributed by atoms with E-state index in [1.807, 2.05) is 30.0 Å². The fraction of sp³-hybridized carbons (Fsp3) is 0. The normalized spacial score (nSPS) is 12.6. The molecule has 0 spiro atoms. The van der Waals surface area contributed by atoms with Crippen molar-refractivity contribution in [3.63, 3.8) is 0 Å². The second-order valence-corrected chi connectivity index (χ2v) is 8.78. The van der Waals surface area contributed by atoms with E-state index >= 15 is 0 Å². The van der Waals surface area contributed by atoms with Gasteiger partial charge in [0.25, 0.3) is 0 Å². The maximum atomic E-state index is 6.37. The molecule has 0 atom stereocenters. The minimum Gasteiger partial charge on any atom is -0.302 e. The molecule has 3 heterocycles. The minimum absolute atomic E-state index is 0.740.